The van der Waals surface area contributed by atoms with E-state index in [0.717, 1.165) is 11.8 Å². The van der Waals surface area contributed by atoms with Gasteiger partial charge < -0.3 is 0 Å². The van der Waals surface area contributed by atoms with Crippen LogP contribution in [0.15, 0.2) is 0 Å². The van der Waals surface area contributed by atoms with Crippen LogP contribution in [0.3, 0.4) is 0 Å². The van der Waals surface area contributed by atoms with Gasteiger partial charge in [0.1, 0.15) is 0 Å². The van der Waals surface area contributed by atoms with Gasteiger partial charge in [-0.15, -0.1) is 0 Å². The lowest BCUT2D eigenvalue weighted by Gasteiger charge is -2.43. The number of fused-ring (bicyclic) bond motifs is 2. The minimum absolute atomic E-state index is 0.638. The topological polar surface area (TPSA) is 0 Å². The van der Waals surface area contributed by atoms with Crippen molar-refractivity contribution in [3.8, 4) is 0 Å². The molecule has 2 fully saturated rings. The van der Waals surface area contributed by atoms with Gasteiger partial charge >= 0.3 is 0 Å². The zero-order valence-electron chi connectivity index (χ0n) is 11.8. The highest BCUT2D eigenvalue weighted by Gasteiger charge is 2.58. The van der Waals surface area contributed by atoms with Gasteiger partial charge in [0.2, 0.25) is 0 Å². The molecule has 0 aliphatic heterocycles. The van der Waals surface area contributed by atoms with Gasteiger partial charge in [-0.25, -0.2) is 0 Å². The summed E-state index contributed by atoms with van der Waals surface area (Å²) in [6, 6.07) is 0. The SMILES string of the molecule is CCCCCCC1C2(C)CCC(C2)C1(C)C. The average Bonchev–Trinajstić information content (AvgIpc) is 2.68. The molecule has 2 aliphatic rings. The maximum Gasteiger partial charge on any atom is -0.0289 e. The normalized spacial score (nSPS) is 40.5. The first-order chi connectivity index (χ1) is 7.50. The highest BCUT2D eigenvalue weighted by Crippen LogP contribution is 2.67. The second kappa shape index (κ2) is 4.35. The Kier molecular flexibility index (Phi) is 3.39. The summed E-state index contributed by atoms with van der Waals surface area (Å²) in [5.41, 5.74) is 1.35. The smallest absolute Gasteiger partial charge is 0.0289 e. The third-order valence-electron chi connectivity index (χ3n) is 5.91. The van der Waals surface area contributed by atoms with Gasteiger partial charge in [-0.1, -0.05) is 53.4 Å². The molecule has 2 rings (SSSR count). The lowest BCUT2D eigenvalue weighted by atomic mass is 9.62. The molecule has 2 aliphatic carbocycles. The van der Waals surface area contributed by atoms with Crippen LogP contribution < -0.4 is 0 Å². The minimum Gasteiger partial charge on any atom is -0.0654 e. The van der Waals surface area contributed by atoms with E-state index in [2.05, 4.69) is 27.7 Å². The van der Waals surface area contributed by atoms with Crippen molar-refractivity contribution < 1.29 is 0 Å². The number of unbranched alkanes of at least 4 members (excludes halogenated alkanes) is 3. The van der Waals surface area contributed by atoms with Gasteiger partial charge in [0.05, 0.1) is 0 Å². The lowest BCUT2D eigenvalue weighted by molar-refractivity contribution is 0.0648. The lowest BCUT2D eigenvalue weighted by Crippen LogP contribution is -2.35. The van der Waals surface area contributed by atoms with Crippen LogP contribution in [0.4, 0.5) is 0 Å². The van der Waals surface area contributed by atoms with Gasteiger partial charge in [0, 0.05) is 0 Å². The van der Waals surface area contributed by atoms with E-state index in [0.29, 0.717) is 10.8 Å². The van der Waals surface area contributed by atoms with Gasteiger partial charge in [0.25, 0.3) is 0 Å². The summed E-state index contributed by atoms with van der Waals surface area (Å²) in [5, 5.41) is 0. The molecule has 3 atom stereocenters. The van der Waals surface area contributed by atoms with Gasteiger partial charge in [0.15, 0.2) is 0 Å². The second-order valence-corrected chi connectivity index (χ2v) is 7.32. The maximum atomic E-state index is 2.58. The fraction of sp³-hybridized carbons (Fsp3) is 1.00. The monoisotopic (exact) mass is 222 g/mol. The van der Waals surface area contributed by atoms with E-state index >= 15 is 0 Å². The predicted octanol–water partition coefficient (Wildman–Crippen LogP) is 5.42. The molecule has 0 aromatic rings. The van der Waals surface area contributed by atoms with Crippen LogP contribution in [0.2, 0.25) is 0 Å². The van der Waals surface area contributed by atoms with E-state index in [1.165, 1.54) is 51.4 Å². The summed E-state index contributed by atoms with van der Waals surface area (Å²) in [7, 11) is 0. The van der Waals surface area contributed by atoms with Crippen molar-refractivity contribution in [2.45, 2.75) is 79.1 Å². The van der Waals surface area contributed by atoms with Crippen molar-refractivity contribution in [1.29, 1.82) is 0 Å². The molecule has 0 N–H and O–H groups in total. The molecule has 0 aromatic carbocycles. The largest absolute Gasteiger partial charge is 0.0654 e. The zero-order chi connectivity index (χ0) is 11.8. The first-order valence-electron chi connectivity index (χ1n) is 7.50. The summed E-state index contributed by atoms with van der Waals surface area (Å²) < 4.78 is 0. The number of hydrogen-bond donors (Lipinski definition) is 0. The molecule has 0 radical (unpaired) electrons. The van der Waals surface area contributed by atoms with E-state index in [-0.39, 0.29) is 0 Å². The molecular formula is C16H30. The van der Waals surface area contributed by atoms with Crippen LogP contribution in [0.25, 0.3) is 0 Å². The van der Waals surface area contributed by atoms with Crippen molar-refractivity contribution in [1.82, 2.24) is 0 Å². The van der Waals surface area contributed by atoms with Gasteiger partial charge in [-0.3, -0.25) is 0 Å². The highest BCUT2D eigenvalue weighted by atomic mass is 14.6. The first kappa shape index (κ1) is 12.5. The molecule has 0 nitrogen and oxygen atoms in total. The summed E-state index contributed by atoms with van der Waals surface area (Å²) >= 11 is 0. The molecule has 2 saturated carbocycles. The Balaban J connectivity index is 1.92. The number of rotatable bonds is 5. The maximum absolute atomic E-state index is 2.58. The average molecular weight is 222 g/mol. The van der Waals surface area contributed by atoms with Crippen LogP contribution in [-0.2, 0) is 0 Å². The number of hydrogen-bond acceptors (Lipinski definition) is 0. The van der Waals surface area contributed by atoms with E-state index in [9.17, 15) is 0 Å². The van der Waals surface area contributed by atoms with Crippen molar-refractivity contribution in [2.24, 2.45) is 22.7 Å². The summed E-state index contributed by atoms with van der Waals surface area (Å²) in [4.78, 5) is 0. The van der Waals surface area contributed by atoms with E-state index in [1.807, 2.05) is 0 Å². The Morgan fingerprint density at radius 1 is 1.06 bits per heavy atom. The fourth-order valence-corrected chi connectivity index (χ4v) is 4.90. The molecule has 0 amide bonds. The third kappa shape index (κ3) is 1.93. The van der Waals surface area contributed by atoms with Crippen molar-refractivity contribution in [2.75, 3.05) is 0 Å². The van der Waals surface area contributed by atoms with Crippen LogP contribution in [0.5, 0.6) is 0 Å². The molecule has 0 heteroatoms. The molecule has 3 unspecified atom stereocenters. The molecule has 0 aromatic heterocycles. The Labute approximate surface area is 102 Å². The third-order valence-corrected chi connectivity index (χ3v) is 5.91. The van der Waals surface area contributed by atoms with Crippen LogP contribution in [0.1, 0.15) is 79.1 Å². The Morgan fingerprint density at radius 3 is 2.38 bits per heavy atom. The van der Waals surface area contributed by atoms with E-state index in [4.69, 9.17) is 0 Å². The molecular weight excluding hydrogens is 192 g/mol. The van der Waals surface area contributed by atoms with Crippen LogP contribution in [0, 0.1) is 22.7 Å². The molecule has 0 saturated heterocycles. The van der Waals surface area contributed by atoms with E-state index < -0.39 is 0 Å². The highest BCUT2D eigenvalue weighted by molar-refractivity contribution is 5.07. The van der Waals surface area contributed by atoms with Crippen LogP contribution >= 0.6 is 0 Å². The standard InChI is InChI=1S/C16H30/c1-5-6-7-8-9-14-15(2,3)13-10-11-16(14,4)12-13/h13-14H,5-12H2,1-4H3. The molecule has 2 bridgehead atoms. The summed E-state index contributed by atoms with van der Waals surface area (Å²) in [6.07, 6.45) is 11.8. The molecule has 0 heterocycles. The predicted molar refractivity (Wildman–Crippen MR) is 71.5 cm³/mol. The van der Waals surface area contributed by atoms with Gasteiger partial charge in [-0.05, 0) is 48.3 Å². The van der Waals surface area contributed by atoms with Crippen LogP contribution in [-0.4, -0.2) is 0 Å². The van der Waals surface area contributed by atoms with Crippen molar-refractivity contribution in [3.63, 3.8) is 0 Å². The summed E-state index contributed by atoms with van der Waals surface area (Å²) in [5.74, 6) is 2.05. The molecule has 0 spiro atoms. The second-order valence-electron chi connectivity index (χ2n) is 7.32. The minimum atomic E-state index is 0.638. The fourth-order valence-electron chi connectivity index (χ4n) is 4.90. The Morgan fingerprint density at radius 2 is 1.81 bits per heavy atom. The quantitative estimate of drug-likeness (QED) is 0.545. The van der Waals surface area contributed by atoms with E-state index in [1.54, 1.807) is 0 Å². The van der Waals surface area contributed by atoms with Crippen molar-refractivity contribution >= 4 is 0 Å². The Hall–Kier alpha value is 0. The molecule has 94 valence electrons. The zero-order valence-corrected chi connectivity index (χ0v) is 11.8. The molecule has 16 heavy (non-hydrogen) atoms. The first-order valence-corrected chi connectivity index (χ1v) is 7.50. The van der Waals surface area contributed by atoms with Crippen molar-refractivity contribution in [3.05, 3.63) is 0 Å². The Bertz CT molecular complexity index is 236. The summed E-state index contributed by atoms with van der Waals surface area (Å²) in [6.45, 7) is 9.98. The van der Waals surface area contributed by atoms with Gasteiger partial charge in [-0.2, -0.15) is 0 Å².